The van der Waals surface area contributed by atoms with Gasteiger partial charge in [-0.05, 0) is 43.5 Å². The van der Waals surface area contributed by atoms with E-state index in [0.717, 1.165) is 42.3 Å². The largest absolute Gasteiger partial charge is 0.298 e. The van der Waals surface area contributed by atoms with Gasteiger partial charge in [0.2, 0.25) is 11.9 Å². The molecule has 7 heteroatoms. The molecule has 6 rings (SSSR count). The fraction of sp³-hybridized carbons (Fsp3) is 0.458. The molecule has 2 saturated heterocycles. The van der Waals surface area contributed by atoms with Crippen molar-refractivity contribution in [3.05, 3.63) is 48.0 Å². The number of hydrogen-bond donors (Lipinski definition) is 1. The number of carbonyl (C=O) groups is 1. The van der Waals surface area contributed by atoms with Crippen LogP contribution in [0.5, 0.6) is 0 Å². The minimum absolute atomic E-state index is 0.0273. The molecule has 2 aromatic heterocycles. The first-order chi connectivity index (χ1) is 15.2. The second kappa shape index (κ2) is 7.43. The molecule has 7 nitrogen and oxygen atoms in total. The number of likely N-dealkylation sites (tertiary alicyclic amines) is 2. The molecule has 1 N–H and O–H groups in total. The summed E-state index contributed by atoms with van der Waals surface area (Å²) in [7, 11) is 0. The van der Waals surface area contributed by atoms with Crippen LogP contribution in [0.1, 0.15) is 31.7 Å². The van der Waals surface area contributed by atoms with E-state index >= 15 is 0 Å². The van der Waals surface area contributed by atoms with Crippen molar-refractivity contribution in [1.82, 2.24) is 24.4 Å². The van der Waals surface area contributed by atoms with Crippen LogP contribution in [0.25, 0.3) is 16.9 Å². The molecule has 1 saturated carbocycles. The maximum atomic E-state index is 12.1. The van der Waals surface area contributed by atoms with Gasteiger partial charge in [-0.1, -0.05) is 37.3 Å². The lowest BCUT2D eigenvalue weighted by atomic mass is 10.1. The fourth-order valence-corrected chi connectivity index (χ4v) is 5.16. The number of hydrogen-bond acceptors (Lipinski definition) is 5. The van der Waals surface area contributed by atoms with Crippen molar-refractivity contribution >= 4 is 17.5 Å². The summed E-state index contributed by atoms with van der Waals surface area (Å²) in [6, 6.07) is 16.2. The topological polar surface area (TPSA) is 65.8 Å². The van der Waals surface area contributed by atoms with E-state index in [1.165, 1.54) is 31.6 Å². The Morgan fingerprint density at radius 3 is 2.55 bits per heavy atom. The Morgan fingerprint density at radius 2 is 1.84 bits per heavy atom. The molecule has 0 radical (unpaired) electrons. The summed E-state index contributed by atoms with van der Waals surface area (Å²) >= 11 is 0. The Hall–Kier alpha value is -2.77. The van der Waals surface area contributed by atoms with Crippen molar-refractivity contribution < 1.29 is 4.79 Å². The number of nitrogens with one attached hydrogen (secondary N) is 1. The second-order valence-corrected chi connectivity index (χ2v) is 9.14. The van der Waals surface area contributed by atoms with Gasteiger partial charge in [-0.3, -0.25) is 19.9 Å². The maximum absolute atomic E-state index is 12.1. The summed E-state index contributed by atoms with van der Waals surface area (Å²) in [6.45, 7) is 6.86. The van der Waals surface area contributed by atoms with Gasteiger partial charge in [0, 0.05) is 43.2 Å². The molecule has 4 heterocycles. The predicted octanol–water partition coefficient (Wildman–Crippen LogP) is 3.02. The van der Waals surface area contributed by atoms with Crippen LogP contribution in [0, 0.1) is 5.92 Å². The van der Waals surface area contributed by atoms with Crippen molar-refractivity contribution in [2.75, 3.05) is 25.0 Å². The van der Waals surface area contributed by atoms with Crippen molar-refractivity contribution in [2.24, 2.45) is 5.92 Å². The number of benzene rings is 1. The van der Waals surface area contributed by atoms with E-state index < -0.39 is 0 Å². The highest BCUT2D eigenvalue weighted by Crippen LogP contribution is 2.32. The molecule has 0 spiro atoms. The van der Waals surface area contributed by atoms with E-state index in [4.69, 9.17) is 0 Å². The number of carbonyl (C=O) groups excluding carboxylic acids is 1. The van der Waals surface area contributed by atoms with Gasteiger partial charge in [-0.2, -0.15) is 4.98 Å². The van der Waals surface area contributed by atoms with Gasteiger partial charge in [0.25, 0.3) is 0 Å². The Kier molecular flexibility index (Phi) is 4.54. The summed E-state index contributed by atoms with van der Waals surface area (Å²) in [5.41, 5.74) is 4.16. The zero-order chi connectivity index (χ0) is 20.9. The highest BCUT2D eigenvalue weighted by atomic mass is 16.2. The van der Waals surface area contributed by atoms with Crippen LogP contribution < -0.4 is 5.32 Å². The van der Waals surface area contributed by atoms with Crippen LogP contribution in [0.15, 0.2) is 42.5 Å². The third kappa shape index (κ3) is 3.51. The lowest BCUT2D eigenvalue weighted by Crippen LogP contribution is -2.45. The number of likely N-dealkylation sites (N-methyl/N-ethyl adjacent to an activating group) is 1. The van der Waals surface area contributed by atoms with Crippen LogP contribution in [-0.2, 0) is 11.3 Å². The van der Waals surface area contributed by atoms with Crippen LogP contribution in [0.4, 0.5) is 5.95 Å². The minimum atomic E-state index is 0.0273. The van der Waals surface area contributed by atoms with Gasteiger partial charge in [-0.15, -0.1) is 5.10 Å². The molecule has 1 amide bonds. The van der Waals surface area contributed by atoms with Crippen LogP contribution >= 0.6 is 0 Å². The lowest BCUT2D eigenvalue weighted by molar-refractivity contribution is -0.117. The van der Waals surface area contributed by atoms with Gasteiger partial charge in [-0.25, -0.2) is 4.52 Å². The molecular weight excluding hydrogens is 388 g/mol. The van der Waals surface area contributed by atoms with E-state index in [2.05, 4.69) is 56.4 Å². The molecule has 3 fully saturated rings. The van der Waals surface area contributed by atoms with Crippen molar-refractivity contribution in [1.29, 1.82) is 0 Å². The number of pyridine rings is 1. The zero-order valence-electron chi connectivity index (χ0n) is 17.9. The SMILES string of the molecule is CCN1C[C@@H]2C[C@H]1CN2Cc1ccc(-c2cccc3nc(NC(=O)C4CC4)nn23)cc1. The van der Waals surface area contributed by atoms with Crippen molar-refractivity contribution in [3.8, 4) is 11.3 Å². The maximum Gasteiger partial charge on any atom is 0.249 e. The van der Waals surface area contributed by atoms with E-state index in [1.807, 2.05) is 22.7 Å². The number of anilines is 1. The number of amides is 1. The number of nitrogens with zero attached hydrogens (tertiary/aromatic N) is 5. The standard InChI is InChI=1S/C24H28N6O/c1-2-28-14-20-12-19(28)15-29(20)13-16-6-8-17(9-7-16)21-4-3-5-22-25-24(27-30(21)22)26-23(31)18-10-11-18/h3-9,18-20H,2,10-15H2,1H3,(H,26,27,31)/t19-,20-/m0/s1. The summed E-state index contributed by atoms with van der Waals surface area (Å²) < 4.78 is 1.82. The van der Waals surface area contributed by atoms with Crippen molar-refractivity contribution in [3.63, 3.8) is 0 Å². The van der Waals surface area contributed by atoms with Crippen LogP contribution in [0.2, 0.25) is 0 Å². The lowest BCUT2D eigenvalue weighted by Gasteiger charge is -2.33. The Balaban J connectivity index is 1.19. The summed E-state index contributed by atoms with van der Waals surface area (Å²) in [6.07, 6.45) is 3.25. The second-order valence-electron chi connectivity index (χ2n) is 9.14. The van der Waals surface area contributed by atoms with Gasteiger partial charge >= 0.3 is 0 Å². The van der Waals surface area contributed by atoms with E-state index in [-0.39, 0.29) is 11.8 Å². The molecule has 1 aliphatic carbocycles. The van der Waals surface area contributed by atoms with Gasteiger partial charge in [0.15, 0.2) is 5.65 Å². The van der Waals surface area contributed by atoms with Gasteiger partial charge in [0.1, 0.15) is 0 Å². The molecule has 3 aromatic rings. The van der Waals surface area contributed by atoms with Crippen LogP contribution in [-0.4, -0.2) is 62.0 Å². The van der Waals surface area contributed by atoms with Crippen molar-refractivity contribution in [2.45, 2.75) is 44.8 Å². The van der Waals surface area contributed by atoms with Crippen LogP contribution in [0.3, 0.4) is 0 Å². The number of aromatic nitrogens is 3. The Labute approximate surface area is 182 Å². The average molecular weight is 417 g/mol. The number of rotatable bonds is 6. The highest BCUT2D eigenvalue weighted by molar-refractivity contribution is 5.92. The van der Waals surface area contributed by atoms with E-state index in [0.29, 0.717) is 12.0 Å². The summed E-state index contributed by atoms with van der Waals surface area (Å²) in [5, 5.41) is 7.40. The minimum Gasteiger partial charge on any atom is -0.298 e. The first-order valence-electron chi connectivity index (χ1n) is 11.4. The monoisotopic (exact) mass is 416 g/mol. The zero-order valence-corrected chi connectivity index (χ0v) is 17.9. The first kappa shape index (κ1) is 19.0. The first-order valence-corrected chi connectivity index (χ1v) is 11.4. The third-order valence-electron chi connectivity index (χ3n) is 7.05. The Morgan fingerprint density at radius 1 is 1.06 bits per heavy atom. The molecule has 2 bridgehead atoms. The van der Waals surface area contributed by atoms with Gasteiger partial charge in [0.05, 0.1) is 5.69 Å². The predicted molar refractivity (Wildman–Crippen MR) is 120 cm³/mol. The highest BCUT2D eigenvalue weighted by Gasteiger charge is 2.42. The number of piperazine rings is 1. The quantitative estimate of drug-likeness (QED) is 0.669. The third-order valence-corrected chi connectivity index (χ3v) is 7.05. The fourth-order valence-electron chi connectivity index (χ4n) is 5.16. The molecule has 3 aliphatic rings. The molecule has 31 heavy (non-hydrogen) atoms. The Bertz CT molecular complexity index is 1120. The molecule has 160 valence electrons. The molecule has 1 aromatic carbocycles. The number of fused-ring (bicyclic) bond motifs is 3. The van der Waals surface area contributed by atoms with E-state index in [1.54, 1.807) is 0 Å². The normalized spacial score (nSPS) is 23.6. The summed E-state index contributed by atoms with van der Waals surface area (Å²) in [4.78, 5) is 21.8. The molecular formula is C24H28N6O. The molecule has 0 unspecified atom stereocenters. The van der Waals surface area contributed by atoms with Gasteiger partial charge < -0.3 is 0 Å². The smallest absolute Gasteiger partial charge is 0.249 e. The molecule has 2 atom stereocenters. The average Bonchev–Trinajstić information content (AvgIpc) is 3.28. The molecule has 2 aliphatic heterocycles. The summed E-state index contributed by atoms with van der Waals surface area (Å²) in [5.74, 6) is 0.542. The van der Waals surface area contributed by atoms with E-state index in [9.17, 15) is 4.79 Å².